The van der Waals surface area contributed by atoms with Crippen molar-refractivity contribution in [1.29, 1.82) is 0 Å². The van der Waals surface area contributed by atoms with Gasteiger partial charge in [-0.05, 0) is 22.9 Å². The van der Waals surface area contributed by atoms with Gasteiger partial charge in [0.2, 0.25) is 0 Å². The van der Waals surface area contributed by atoms with E-state index >= 15 is 0 Å². The number of rotatable bonds is 5. The Labute approximate surface area is 120 Å². The average molecular weight is 317 g/mol. The Bertz CT molecular complexity index is 658. The maximum Gasteiger partial charge on any atom is 0.273 e. The molecule has 0 aliphatic heterocycles. The number of nitrogens with one attached hydrogen (secondary N) is 1. The van der Waals surface area contributed by atoms with Crippen molar-refractivity contribution in [3.8, 4) is 0 Å². The van der Waals surface area contributed by atoms with Crippen LogP contribution in [0.25, 0.3) is 0 Å². The van der Waals surface area contributed by atoms with Crippen LogP contribution >= 0.6 is 22.7 Å². The fourth-order valence-electron chi connectivity index (χ4n) is 1.36. The molecule has 2 rings (SSSR count). The number of hydrogen-bond acceptors (Lipinski definition) is 6. The van der Waals surface area contributed by atoms with Crippen molar-refractivity contribution in [2.24, 2.45) is 5.73 Å². The minimum Gasteiger partial charge on any atom is -0.326 e. The maximum atomic E-state index is 12.1. The lowest BCUT2D eigenvalue weighted by Crippen LogP contribution is -2.11. The van der Waals surface area contributed by atoms with Crippen molar-refractivity contribution in [3.63, 3.8) is 0 Å². The van der Waals surface area contributed by atoms with Crippen LogP contribution in [0.15, 0.2) is 21.0 Å². The van der Waals surface area contributed by atoms with Crippen molar-refractivity contribution in [2.45, 2.75) is 30.5 Å². The number of thiazole rings is 1. The predicted octanol–water partition coefficient (Wildman–Crippen LogP) is 2.59. The monoisotopic (exact) mass is 317 g/mol. The third-order valence-electron chi connectivity index (χ3n) is 2.47. The molecule has 2 aromatic rings. The second-order valence-corrected chi connectivity index (χ2v) is 7.99. The molecule has 0 spiro atoms. The molecule has 104 valence electrons. The first-order valence-electron chi connectivity index (χ1n) is 5.68. The van der Waals surface area contributed by atoms with Crippen LogP contribution in [0, 0.1) is 0 Å². The van der Waals surface area contributed by atoms with Gasteiger partial charge in [-0.25, -0.2) is 13.4 Å². The molecular formula is C11H15N3O2S3. The van der Waals surface area contributed by atoms with Gasteiger partial charge in [-0.2, -0.15) is 0 Å². The van der Waals surface area contributed by atoms with Gasteiger partial charge in [0.15, 0.2) is 5.13 Å². The van der Waals surface area contributed by atoms with E-state index < -0.39 is 10.0 Å². The fraction of sp³-hybridized carbons (Fsp3) is 0.364. The van der Waals surface area contributed by atoms with E-state index in [1.54, 1.807) is 11.4 Å². The van der Waals surface area contributed by atoms with Gasteiger partial charge in [0, 0.05) is 11.9 Å². The first-order valence-corrected chi connectivity index (χ1v) is 8.92. The van der Waals surface area contributed by atoms with Crippen LogP contribution in [-0.4, -0.2) is 13.4 Å². The van der Waals surface area contributed by atoms with Gasteiger partial charge in [0.05, 0.1) is 5.69 Å². The molecule has 0 aliphatic rings. The lowest BCUT2D eigenvalue weighted by atomic mass is 10.2. The highest BCUT2D eigenvalue weighted by Crippen LogP contribution is 2.26. The Morgan fingerprint density at radius 1 is 1.37 bits per heavy atom. The molecule has 0 bridgehead atoms. The summed E-state index contributed by atoms with van der Waals surface area (Å²) in [4.78, 5) is 4.26. The largest absolute Gasteiger partial charge is 0.326 e. The summed E-state index contributed by atoms with van der Waals surface area (Å²) >= 11 is 2.45. The molecule has 0 radical (unpaired) electrons. The van der Waals surface area contributed by atoms with Crippen LogP contribution in [0.2, 0.25) is 0 Å². The van der Waals surface area contributed by atoms with Crippen molar-refractivity contribution in [2.75, 3.05) is 4.72 Å². The summed E-state index contributed by atoms with van der Waals surface area (Å²) in [5, 5.41) is 4.00. The molecule has 3 N–H and O–H groups in total. The van der Waals surface area contributed by atoms with E-state index in [9.17, 15) is 8.42 Å². The fourth-order valence-corrected chi connectivity index (χ4v) is 4.71. The first kappa shape index (κ1) is 14.4. The number of nitrogens with two attached hydrogens (primary N) is 1. The lowest BCUT2D eigenvalue weighted by molar-refractivity contribution is 0.603. The standard InChI is InChI=1S/C11H15N3O2S3/c1-7(2)9-6-18-11(13-9)14-19(15,16)10-3-8(4-12)5-17-10/h3,5-7H,4,12H2,1-2H3,(H,13,14). The quantitative estimate of drug-likeness (QED) is 0.887. The molecule has 2 heterocycles. The van der Waals surface area contributed by atoms with E-state index in [1.807, 2.05) is 19.2 Å². The minimum absolute atomic E-state index is 0.259. The van der Waals surface area contributed by atoms with Crippen molar-refractivity contribution in [1.82, 2.24) is 4.98 Å². The van der Waals surface area contributed by atoms with Gasteiger partial charge < -0.3 is 5.73 Å². The molecule has 0 atom stereocenters. The van der Waals surface area contributed by atoms with E-state index in [4.69, 9.17) is 5.73 Å². The van der Waals surface area contributed by atoms with Gasteiger partial charge in [-0.3, -0.25) is 4.72 Å². The lowest BCUT2D eigenvalue weighted by Gasteiger charge is -2.02. The zero-order valence-electron chi connectivity index (χ0n) is 10.6. The Kier molecular flexibility index (Phi) is 4.24. The van der Waals surface area contributed by atoms with Gasteiger partial charge in [0.25, 0.3) is 10.0 Å². The topological polar surface area (TPSA) is 85.1 Å². The molecule has 0 amide bonds. The number of anilines is 1. The number of sulfonamides is 1. The highest BCUT2D eigenvalue weighted by molar-refractivity contribution is 7.94. The number of aromatic nitrogens is 1. The summed E-state index contributed by atoms with van der Waals surface area (Å²) in [6, 6.07) is 1.59. The Hall–Kier alpha value is -0.960. The average Bonchev–Trinajstić information content (AvgIpc) is 2.96. The first-order chi connectivity index (χ1) is 8.92. The molecular weight excluding hydrogens is 302 g/mol. The summed E-state index contributed by atoms with van der Waals surface area (Å²) in [6.07, 6.45) is 0. The Morgan fingerprint density at radius 2 is 2.11 bits per heavy atom. The normalized spacial score (nSPS) is 12.0. The smallest absolute Gasteiger partial charge is 0.273 e. The Balaban J connectivity index is 2.20. The summed E-state index contributed by atoms with van der Waals surface area (Å²) in [7, 11) is -3.55. The number of thiophene rings is 1. The zero-order chi connectivity index (χ0) is 14.0. The molecule has 0 saturated carbocycles. The van der Waals surface area contributed by atoms with E-state index in [2.05, 4.69) is 9.71 Å². The summed E-state index contributed by atoms with van der Waals surface area (Å²) in [6.45, 7) is 4.36. The highest BCUT2D eigenvalue weighted by atomic mass is 32.2. The number of hydrogen-bond donors (Lipinski definition) is 2. The molecule has 0 fully saturated rings. The third-order valence-corrected chi connectivity index (χ3v) is 6.20. The van der Waals surface area contributed by atoms with E-state index in [0.717, 1.165) is 22.6 Å². The molecule has 0 unspecified atom stereocenters. The molecule has 0 saturated heterocycles. The van der Waals surface area contributed by atoms with Crippen LogP contribution in [0.5, 0.6) is 0 Å². The van der Waals surface area contributed by atoms with Gasteiger partial charge in [0.1, 0.15) is 4.21 Å². The second-order valence-electron chi connectivity index (χ2n) is 4.32. The third kappa shape index (κ3) is 3.33. The zero-order valence-corrected chi connectivity index (χ0v) is 13.0. The SMILES string of the molecule is CC(C)c1csc(NS(=O)(=O)c2cc(CN)cs2)n1. The minimum atomic E-state index is -3.55. The van der Waals surface area contributed by atoms with E-state index in [1.165, 1.54) is 11.3 Å². The van der Waals surface area contributed by atoms with Crippen LogP contribution < -0.4 is 10.5 Å². The molecule has 0 aliphatic carbocycles. The summed E-state index contributed by atoms with van der Waals surface area (Å²) < 4.78 is 27.0. The van der Waals surface area contributed by atoms with Crippen molar-refractivity contribution < 1.29 is 8.42 Å². The van der Waals surface area contributed by atoms with Crippen molar-refractivity contribution >= 4 is 37.8 Å². The van der Waals surface area contributed by atoms with E-state index in [-0.39, 0.29) is 10.1 Å². The van der Waals surface area contributed by atoms with Crippen LogP contribution in [0.1, 0.15) is 31.0 Å². The number of nitrogens with zero attached hydrogens (tertiary/aromatic N) is 1. The molecule has 8 heteroatoms. The molecule has 2 aromatic heterocycles. The van der Waals surface area contributed by atoms with Crippen LogP contribution in [-0.2, 0) is 16.6 Å². The van der Waals surface area contributed by atoms with Crippen LogP contribution in [0.3, 0.4) is 0 Å². The van der Waals surface area contributed by atoms with E-state index in [0.29, 0.717) is 11.7 Å². The Morgan fingerprint density at radius 3 is 2.63 bits per heavy atom. The highest BCUT2D eigenvalue weighted by Gasteiger charge is 2.18. The van der Waals surface area contributed by atoms with Crippen LogP contribution in [0.4, 0.5) is 5.13 Å². The maximum absolute atomic E-state index is 12.1. The van der Waals surface area contributed by atoms with Gasteiger partial charge in [-0.15, -0.1) is 22.7 Å². The molecule has 0 aromatic carbocycles. The predicted molar refractivity (Wildman–Crippen MR) is 79.2 cm³/mol. The second kappa shape index (κ2) is 5.58. The molecule has 19 heavy (non-hydrogen) atoms. The summed E-state index contributed by atoms with van der Waals surface area (Å²) in [5.74, 6) is 0.278. The van der Waals surface area contributed by atoms with Crippen molar-refractivity contribution in [3.05, 3.63) is 28.1 Å². The van der Waals surface area contributed by atoms with Gasteiger partial charge in [-0.1, -0.05) is 13.8 Å². The van der Waals surface area contributed by atoms with Gasteiger partial charge >= 0.3 is 0 Å². The molecule has 5 nitrogen and oxygen atoms in total. The summed E-state index contributed by atoms with van der Waals surface area (Å²) in [5.41, 5.74) is 7.17.